The van der Waals surface area contributed by atoms with E-state index < -0.39 is 0 Å². The maximum atomic E-state index is 8.57. The smallest absolute Gasteiger partial charge is 0.0644 e. The fraction of sp³-hybridized carbons (Fsp3) is 0.429. The van der Waals surface area contributed by atoms with Crippen molar-refractivity contribution in [2.24, 2.45) is 11.1 Å². The van der Waals surface area contributed by atoms with Gasteiger partial charge in [-0.15, -0.1) is 0 Å². The van der Waals surface area contributed by atoms with Crippen molar-refractivity contribution in [2.45, 2.75) is 53.9 Å². The number of hydrogen-bond donors (Lipinski definition) is 3. The Morgan fingerprint density at radius 2 is 1.88 bits per heavy atom. The van der Waals surface area contributed by atoms with E-state index in [9.17, 15) is 0 Å². The van der Waals surface area contributed by atoms with Gasteiger partial charge in [-0.2, -0.15) is 0 Å². The van der Waals surface area contributed by atoms with Gasteiger partial charge in [-0.05, 0) is 29.6 Å². The first-order valence-electron chi connectivity index (χ1n) is 8.36. The van der Waals surface area contributed by atoms with E-state index in [2.05, 4.69) is 33.4 Å². The van der Waals surface area contributed by atoms with Gasteiger partial charge in [0.15, 0.2) is 0 Å². The van der Waals surface area contributed by atoms with Crippen molar-refractivity contribution in [1.29, 1.82) is 10.8 Å². The zero-order valence-electron chi connectivity index (χ0n) is 15.9. The Kier molecular flexibility index (Phi) is 6.30. The van der Waals surface area contributed by atoms with Gasteiger partial charge in [-0.3, -0.25) is 5.41 Å². The molecular weight excluding hydrogens is 294 g/mol. The predicted octanol–water partition coefficient (Wildman–Crippen LogP) is 5.34. The van der Waals surface area contributed by atoms with E-state index >= 15 is 0 Å². The highest BCUT2D eigenvalue weighted by Gasteiger charge is 2.20. The van der Waals surface area contributed by atoms with Crippen molar-refractivity contribution in [3.05, 3.63) is 58.3 Å². The van der Waals surface area contributed by atoms with Gasteiger partial charge in [0.2, 0.25) is 0 Å². The Bertz CT molecular complexity index is 686. The van der Waals surface area contributed by atoms with Crippen LogP contribution in [0.5, 0.6) is 0 Å². The summed E-state index contributed by atoms with van der Waals surface area (Å²) >= 11 is 0. The average molecular weight is 326 g/mol. The minimum Gasteiger partial charge on any atom is -0.401 e. The van der Waals surface area contributed by atoms with Crippen LogP contribution in [-0.2, 0) is 0 Å². The van der Waals surface area contributed by atoms with Crippen LogP contribution in [0.1, 0.15) is 63.6 Å². The first-order chi connectivity index (χ1) is 11.0. The maximum absolute atomic E-state index is 8.57. The van der Waals surface area contributed by atoms with Crippen LogP contribution in [0.25, 0.3) is 0 Å². The van der Waals surface area contributed by atoms with E-state index in [4.69, 9.17) is 16.6 Å². The largest absolute Gasteiger partial charge is 0.401 e. The summed E-state index contributed by atoms with van der Waals surface area (Å²) in [6, 6.07) is 6.16. The highest BCUT2D eigenvalue weighted by Crippen LogP contribution is 2.28. The number of rotatable bonds is 6. The minimum atomic E-state index is -0.206. The third-order valence-electron chi connectivity index (χ3n) is 4.18. The number of nitrogens with two attached hydrogens (primary N) is 1. The lowest BCUT2D eigenvalue weighted by molar-refractivity contribution is 0.493. The molecule has 1 aromatic rings. The third-order valence-corrected chi connectivity index (χ3v) is 4.18. The SMILES string of the molecule is C=C(CC(C=N)=C(N)C(C)(C)C)C(=N)c1ccc(C)cc1C(C)C. The second-order valence-corrected chi connectivity index (χ2v) is 7.73. The van der Waals surface area contributed by atoms with Crippen molar-refractivity contribution in [3.63, 3.8) is 0 Å². The molecule has 0 saturated carbocycles. The molecule has 0 bridgehead atoms. The number of benzene rings is 1. The molecule has 0 aromatic heterocycles. The van der Waals surface area contributed by atoms with Crippen molar-refractivity contribution in [1.82, 2.24) is 0 Å². The molecule has 0 radical (unpaired) electrons. The van der Waals surface area contributed by atoms with Crippen molar-refractivity contribution in [3.8, 4) is 0 Å². The van der Waals surface area contributed by atoms with Gasteiger partial charge in [0.05, 0.1) is 5.71 Å². The lowest BCUT2D eigenvalue weighted by Gasteiger charge is -2.23. The Labute approximate surface area is 146 Å². The van der Waals surface area contributed by atoms with Crippen LogP contribution in [0.2, 0.25) is 0 Å². The molecule has 0 atom stereocenters. The van der Waals surface area contributed by atoms with Gasteiger partial charge in [0, 0.05) is 29.3 Å². The predicted molar refractivity (Wildman–Crippen MR) is 105 cm³/mol. The van der Waals surface area contributed by atoms with Gasteiger partial charge in [-0.1, -0.05) is 65.0 Å². The molecule has 3 heteroatoms. The fourth-order valence-corrected chi connectivity index (χ4v) is 2.60. The van der Waals surface area contributed by atoms with Gasteiger partial charge in [-0.25, -0.2) is 0 Å². The molecule has 4 N–H and O–H groups in total. The summed E-state index contributed by atoms with van der Waals surface area (Å²) < 4.78 is 0. The Hall–Kier alpha value is -2.16. The molecule has 0 saturated heterocycles. The second-order valence-electron chi connectivity index (χ2n) is 7.73. The monoisotopic (exact) mass is 325 g/mol. The average Bonchev–Trinajstić information content (AvgIpc) is 2.49. The second kappa shape index (κ2) is 7.61. The zero-order valence-corrected chi connectivity index (χ0v) is 15.9. The zero-order chi connectivity index (χ0) is 18.7. The van der Waals surface area contributed by atoms with Gasteiger partial charge >= 0.3 is 0 Å². The topological polar surface area (TPSA) is 73.7 Å². The molecule has 1 aromatic carbocycles. The molecule has 3 nitrogen and oxygen atoms in total. The van der Waals surface area contributed by atoms with E-state index in [1.165, 1.54) is 11.8 Å². The lowest BCUT2D eigenvalue weighted by atomic mass is 9.85. The minimum absolute atomic E-state index is 0.206. The summed E-state index contributed by atoms with van der Waals surface area (Å²) in [4.78, 5) is 0. The van der Waals surface area contributed by atoms with Crippen LogP contribution in [0.3, 0.4) is 0 Å². The van der Waals surface area contributed by atoms with Crippen molar-refractivity contribution in [2.75, 3.05) is 0 Å². The molecule has 0 heterocycles. The highest BCUT2D eigenvalue weighted by atomic mass is 14.6. The molecule has 0 spiro atoms. The number of hydrogen-bond acceptors (Lipinski definition) is 3. The first-order valence-corrected chi connectivity index (χ1v) is 8.36. The van der Waals surface area contributed by atoms with Gasteiger partial charge in [0.1, 0.15) is 0 Å². The van der Waals surface area contributed by atoms with Gasteiger partial charge < -0.3 is 11.1 Å². The summed E-state index contributed by atoms with van der Waals surface area (Å²) in [6.07, 6.45) is 1.72. The molecule has 0 aliphatic heterocycles. The molecule has 0 amide bonds. The summed E-state index contributed by atoms with van der Waals surface area (Å²) in [5, 5.41) is 16.2. The molecule has 24 heavy (non-hydrogen) atoms. The number of aryl methyl sites for hydroxylation is 1. The van der Waals surface area contributed by atoms with Gasteiger partial charge in [0.25, 0.3) is 0 Å². The Balaban J connectivity index is 3.18. The number of allylic oxidation sites excluding steroid dienone is 3. The van der Waals surface area contributed by atoms with Crippen LogP contribution in [0.4, 0.5) is 0 Å². The van der Waals surface area contributed by atoms with Crippen LogP contribution < -0.4 is 5.73 Å². The lowest BCUT2D eigenvalue weighted by Crippen LogP contribution is -2.21. The normalized spacial score (nSPS) is 12.8. The van der Waals surface area contributed by atoms with E-state index in [1.807, 2.05) is 32.9 Å². The van der Waals surface area contributed by atoms with Crippen LogP contribution in [0.15, 0.2) is 41.6 Å². The molecule has 0 aliphatic carbocycles. The summed E-state index contributed by atoms with van der Waals surface area (Å²) in [6.45, 7) is 16.5. The molecule has 0 fully saturated rings. The Morgan fingerprint density at radius 3 is 2.33 bits per heavy atom. The number of nitrogens with one attached hydrogen (secondary N) is 2. The summed E-state index contributed by atoms with van der Waals surface area (Å²) in [5.74, 6) is 0.338. The fourth-order valence-electron chi connectivity index (χ4n) is 2.60. The first kappa shape index (κ1) is 19.9. The van der Waals surface area contributed by atoms with E-state index in [1.54, 1.807) is 0 Å². The van der Waals surface area contributed by atoms with Crippen molar-refractivity contribution < 1.29 is 0 Å². The molecule has 0 aliphatic rings. The maximum Gasteiger partial charge on any atom is 0.0644 e. The van der Waals surface area contributed by atoms with Crippen LogP contribution in [0, 0.1) is 23.2 Å². The van der Waals surface area contributed by atoms with E-state index in [0.29, 0.717) is 29.3 Å². The molecular formula is C21H31N3. The summed E-state index contributed by atoms with van der Waals surface area (Å²) in [7, 11) is 0. The van der Waals surface area contributed by atoms with Crippen LogP contribution >= 0.6 is 0 Å². The third kappa shape index (κ3) is 4.67. The summed E-state index contributed by atoms with van der Waals surface area (Å²) in [5.41, 5.74) is 11.8. The quantitative estimate of drug-likeness (QED) is 0.607. The Morgan fingerprint density at radius 1 is 1.29 bits per heavy atom. The van der Waals surface area contributed by atoms with Crippen molar-refractivity contribution >= 4 is 11.9 Å². The molecule has 130 valence electrons. The van der Waals surface area contributed by atoms with E-state index in [0.717, 1.165) is 16.7 Å². The molecule has 1 rings (SSSR count). The van der Waals surface area contributed by atoms with Crippen LogP contribution in [-0.4, -0.2) is 11.9 Å². The van der Waals surface area contributed by atoms with E-state index in [-0.39, 0.29) is 5.41 Å². The standard InChI is InChI=1S/C21H31N3/c1-13(2)18-10-14(3)8-9-17(18)19(23)15(4)11-16(12-22)20(24)21(5,6)7/h8-10,12-13,22-23H,4,11,24H2,1-3,5-7H3. The highest BCUT2D eigenvalue weighted by molar-refractivity contribution is 6.12. The molecule has 0 unspecified atom stereocenters.